The van der Waals surface area contributed by atoms with Gasteiger partial charge >= 0.3 is 5.97 Å². The van der Waals surface area contributed by atoms with E-state index >= 15 is 0 Å². The number of hydrogen-bond donors (Lipinski definition) is 1. The third kappa shape index (κ3) is 3.96. The van der Waals surface area contributed by atoms with Crippen LogP contribution in [0.5, 0.6) is 5.75 Å². The van der Waals surface area contributed by atoms with Crippen LogP contribution in [0.25, 0.3) is 0 Å². The SMILES string of the molecule is CCOc1ccc([C@@H]2C(C(=O)OC3CCCC3)=C(C)NC3=C2C(=O)CCC3)cc1. The van der Waals surface area contributed by atoms with Gasteiger partial charge in [0.25, 0.3) is 0 Å². The zero-order chi connectivity index (χ0) is 20.4. The molecule has 0 unspecified atom stereocenters. The van der Waals surface area contributed by atoms with Crippen molar-refractivity contribution in [1.82, 2.24) is 5.32 Å². The minimum absolute atomic E-state index is 0.0128. The highest BCUT2D eigenvalue weighted by atomic mass is 16.5. The van der Waals surface area contributed by atoms with Crippen LogP contribution in [0.1, 0.15) is 70.3 Å². The first-order chi connectivity index (χ1) is 14.1. The highest BCUT2D eigenvalue weighted by Gasteiger charge is 2.39. The smallest absolute Gasteiger partial charge is 0.337 e. The second-order valence-electron chi connectivity index (χ2n) is 8.08. The maximum atomic E-state index is 13.2. The molecule has 5 nitrogen and oxygen atoms in total. The van der Waals surface area contributed by atoms with Gasteiger partial charge in [-0.15, -0.1) is 0 Å². The Morgan fingerprint density at radius 2 is 1.83 bits per heavy atom. The maximum absolute atomic E-state index is 13.2. The highest BCUT2D eigenvalue weighted by Crippen LogP contribution is 2.43. The monoisotopic (exact) mass is 395 g/mol. The lowest BCUT2D eigenvalue weighted by atomic mass is 9.75. The van der Waals surface area contributed by atoms with Crippen molar-refractivity contribution < 1.29 is 19.1 Å². The van der Waals surface area contributed by atoms with E-state index in [0.717, 1.165) is 66.8 Å². The Hall–Kier alpha value is -2.56. The van der Waals surface area contributed by atoms with E-state index in [1.807, 2.05) is 38.1 Å². The number of esters is 1. The average Bonchev–Trinajstić information content (AvgIpc) is 3.21. The quantitative estimate of drug-likeness (QED) is 0.742. The molecular formula is C24H29NO4. The van der Waals surface area contributed by atoms with Gasteiger partial charge in [-0.2, -0.15) is 0 Å². The van der Waals surface area contributed by atoms with Crippen LogP contribution in [-0.2, 0) is 14.3 Å². The van der Waals surface area contributed by atoms with Crippen LogP contribution < -0.4 is 10.1 Å². The number of rotatable bonds is 5. The summed E-state index contributed by atoms with van der Waals surface area (Å²) in [5, 5.41) is 3.35. The van der Waals surface area contributed by atoms with Crippen LogP contribution in [0.15, 0.2) is 46.8 Å². The fourth-order valence-corrected chi connectivity index (χ4v) is 4.73. The minimum Gasteiger partial charge on any atom is -0.494 e. The molecule has 1 aliphatic heterocycles. The zero-order valence-electron chi connectivity index (χ0n) is 17.3. The summed E-state index contributed by atoms with van der Waals surface area (Å²) >= 11 is 0. The van der Waals surface area contributed by atoms with Crippen molar-refractivity contribution in [2.75, 3.05) is 6.61 Å². The van der Waals surface area contributed by atoms with Gasteiger partial charge in [0.15, 0.2) is 5.78 Å². The average molecular weight is 395 g/mol. The Bertz CT molecular complexity index is 859. The molecule has 154 valence electrons. The Balaban J connectivity index is 1.72. The number of dihydropyridines is 1. The third-order valence-electron chi connectivity index (χ3n) is 6.10. The molecule has 0 amide bonds. The summed E-state index contributed by atoms with van der Waals surface area (Å²) in [6.07, 6.45) is 6.23. The summed E-state index contributed by atoms with van der Waals surface area (Å²) in [5.74, 6) is 0.218. The molecule has 1 fully saturated rings. The second kappa shape index (κ2) is 8.44. The lowest BCUT2D eigenvalue weighted by Crippen LogP contribution is -2.35. The Morgan fingerprint density at radius 3 is 2.52 bits per heavy atom. The molecule has 1 atom stereocenters. The molecule has 1 aromatic rings. The molecule has 0 saturated heterocycles. The number of ketones is 1. The third-order valence-corrected chi connectivity index (χ3v) is 6.10. The number of hydrogen-bond acceptors (Lipinski definition) is 5. The summed E-state index contributed by atoms with van der Waals surface area (Å²) in [7, 11) is 0. The molecule has 1 aromatic carbocycles. The van der Waals surface area contributed by atoms with Gasteiger partial charge in [-0.25, -0.2) is 4.79 Å². The summed E-state index contributed by atoms with van der Waals surface area (Å²) < 4.78 is 11.4. The standard InChI is InChI=1S/C24H29NO4/c1-3-28-17-13-11-16(12-14-17)22-21(24(27)29-18-7-4-5-8-18)15(2)25-19-9-6-10-20(26)23(19)22/h11-14,18,22,25H,3-10H2,1-2H3/t22-/m1/s1. The highest BCUT2D eigenvalue weighted by molar-refractivity contribution is 6.03. The normalized spacial score (nSPS) is 22.4. The van der Waals surface area contributed by atoms with Crippen LogP contribution in [0.2, 0.25) is 0 Å². The van der Waals surface area contributed by atoms with Crippen LogP contribution in [0, 0.1) is 0 Å². The van der Waals surface area contributed by atoms with E-state index in [0.29, 0.717) is 18.6 Å². The Labute approximate surface area is 172 Å². The number of carbonyl (C=O) groups excluding carboxylic acids is 2. The molecule has 1 saturated carbocycles. The van der Waals surface area contributed by atoms with E-state index in [-0.39, 0.29) is 23.8 Å². The number of allylic oxidation sites excluding steroid dienone is 3. The first kappa shape index (κ1) is 19.7. The minimum atomic E-state index is -0.386. The van der Waals surface area contributed by atoms with Crippen LogP contribution >= 0.6 is 0 Å². The van der Waals surface area contributed by atoms with Crippen molar-refractivity contribution >= 4 is 11.8 Å². The predicted molar refractivity (Wildman–Crippen MR) is 110 cm³/mol. The van der Waals surface area contributed by atoms with Crippen molar-refractivity contribution in [2.45, 2.75) is 70.8 Å². The van der Waals surface area contributed by atoms with Crippen molar-refractivity contribution in [3.05, 3.63) is 52.4 Å². The summed E-state index contributed by atoms with van der Waals surface area (Å²) in [5.41, 5.74) is 3.96. The van der Waals surface area contributed by atoms with Crippen LogP contribution in [-0.4, -0.2) is 24.5 Å². The van der Waals surface area contributed by atoms with Crippen molar-refractivity contribution in [3.8, 4) is 5.75 Å². The number of carbonyl (C=O) groups is 2. The molecular weight excluding hydrogens is 366 g/mol. The number of ether oxygens (including phenoxy) is 2. The largest absolute Gasteiger partial charge is 0.494 e. The molecule has 3 aliphatic rings. The van der Waals surface area contributed by atoms with E-state index in [4.69, 9.17) is 9.47 Å². The molecule has 0 spiro atoms. The van der Waals surface area contributed by atoms with Gasteiger partial charge in [0.05, 0.1) is 12.2 Å². The zero-order valence-corrected chi connectivity index (χ0v) is 17.3. The van der Waals surface area contributed by atoms with Gasteiger partial charge in [-0.05, 0) is 70.1 Å². The second-order valence-corrected chi connectivity index (χ2v) is 8.08. The van der Waals surface area contributed by atoms with Gasteiger partial charge in [0.1, 0.15) is 11.9 Å². The molecule has 0 aromatic heterocycles. The summed E-state index contributed by atoms with van der Waals surface area (Å²) in [6.45, 7) is 4.45. The van der Waals surface area contributed by atoms with Crippen LogP contribution in [0.3, 0.4) is 0 Å². The number of nitrogens with one attached hydrogen (secondary N) is 1. The Morgan fingerprint density at radius 1 is 1.10 bits per heavy atom. The number of Topliss-reactive ketones (excluding diaryl/α,β-unsaturated/α-hetero) is 1. The topological polar surface area (TPSA) is 64.6 Å². The van der Waals surface area contributed by atoms with Gasteiger partial charge in [-0.3, -0.25) is 4.79 Å². The van der Waals surface area contributed by atoms with E-state index in [9.17, 15) is 9.59 Å². The fourth-order valence-electron chi connectivity index (χ4n) is 4.73. The molecule has 0 bridgehead atoms. The predicted octanol–water partition coefficient (Wildman–Crippen LogP) is 4.54. The molecule has 1 N–H and O–H groups in total. The van der Waals surface area contributed by atoms with E-state index in [1.165, 1.54) is 0 Å². The summed E-state index contributed by atoms with van der Waals surface area (Å²) in [4.78, 5) is 26.1. The van der Waals surface area contributed by atoms with Gasteiger partial charge in [-0.1, -0.05) is 12.1 Å². The molecule has 5 heteroatoms. The summed E-state index contributed by atoms with van der Waals surface area (Å²) in [6, 6.07) is 7.74. The lowest BCUT2D eigenvalue weighted by Gasteiger charge is -2.34. The molecule has 0 radical (unpaired) electrons. The fraction of sp³-hybridized carbons (Fsp3) is 0.500. The van der Waals surface area contributed by atoms with E-state index < -0.39 is 0 Å². The van der Waals surface area contributed by atoms with Crippen molar-refractivity contribution in [2.24, 2.45) is 0 Å². The number of benzene rings is 1. The van der Waals surface area contributed by atoms with Gasteiger partial charge < -0.3 is 14.8 Å². The first-order valence-electron chi connectivity index (χ1n) is 10.8. The van der Waals surface area contributed by atoms with Crippen molar-refractivity contribution in [3.63, 3.8) is 0 Å². The molecule has 2 aliphatic carbocycles. The molecule has 4 rings (SSSR count). The maximum Gasteiger partial charge on any atom is 0.337 e. The van der Waals surface area contributed by atoms with Gasteiger partial charge in [0.2, 0.25) is 0 Å². The lowest BCUT2D eigenvalue weighted by molar-refractivity contribution is -0.144. The van der Waals surface area contributed by atoms with Crippen molar-refractivity contribution in [1.29, 1.82) is 0 Å². The first-order valence-corrected chi connectivity index (χ1v) is 10.8. The van der Waals surface area contributed by atoms with E-state index in [2.05, 4.69) is 5.32 Å². The van der Waals surface area contributed by atoms with Gasteiger partial charge in [0, 0.05) is 29.3 Å². The molecule has 29 heavy (non-hydrogen) atoms. The van der Waals surface area contributed by atoms with Crippen LogP contribution in [0.4, 0.5) is 0 Å². The Kier molecular flexibility index (Phi) is 5.74. The van der Waals surface area contributed by atoms with E-state index in [1.54, 1.807) is 0 Å². The molecule has 1 heterocycles.